The second-order valence-electron chi connectivity index (χ2n) is 4.37. The molecule has 0 fully saturated rings. The Balaban J connectivity index is 2.52. The van der Waals surface area contributed by atoms with E-state index in [9.17, 15) is 4.79 Å². The molecule has 2 unspecified atom stereocenters. The van der Waals surface area contributed by atoms with Crippen LogP contribution in [0.1, 0.15) is 33.6 Å². The predicted molar refractivity (Wildman–Crippen MR) is 76.5 cm³/mol. The first-order chi connectivity index (χ1) is 8.54. The Bertz CT molecular complexity index is 398. The third-order valence-corrected chi connectivity index (χ3v) is 3.79. The van der Waals surface area contributed by atoms with Gasteiger partial charge in [-0.1, -0.05) is 13.3 Å². The highest BCUT2D eigenvalue weighted by Gasteiger charge is 2.17. The zero-order valence-corrected chi connectivity index (χ0v) is 12.0. The fourth-order valence-electron chi connectivity index (χ4n) is 1.61. The third kappa shape index (κ3) is 4.56. The number of nitrogens with zero attached hydrogens (tertiary/aromatic N) is 1. The minimum absolute atomic E-state index is 0.0529. The number of thioether (sulfide) groups is 1. The molecular weight excluding hydrogens is 246 g/mol. The third-order valence-electron chi connectivity index (χ3n) is 2.59. The number of amides is 1. The molecule has 3 N–H and O–H groups in total. The van der Waals surface area contributed by atoms with E-state index in [-0.39, 0.29) is 17.2 Å². The number of rotatable bonds is 6. The van der Waals surface area contributed by atoms with Gasteiger partial charge in [-0.25, -0.2) is 0 Å². The Labute approximate surface area is 113 Å². The second-order valence-corrected chi connectivity index (χ2v) is 5.75. The van der Waals surface area contributed by atoms with Crippen molar-refractivity contribution in [2.75, 3.05) is 5.73 Å². The first kappa shape index (κ1) is 14.8. The van der Waals surface area contributed by atoms with E-state index in [0.29, 0.717) is 5.69 Å². The lowest BCUT2D eigenvalue weighted by atomic mass is 10.2. The number of hydrogen-bond acceptors (Lipinski definition) is 4. The fraction of sp³-hybridized carbons (Fsp3) is 0.538. The fourth-order valence-corrected chi connectivity index (χ4v) is 2.49. The molecule has 0 bridgehead atoms. The highest BCUT2D eigenvalue weighted by molar-refractivity contribution is 8.00. The van der Waals surface area contributed by atoms with Crippen LogP contribution in [0.25, 0.3) is 0 Å². The maximum Gasteiger partial charge on any atom is 0.233 e. The van der Waals surface area contributed by atoms with Crippen molar-refractivity contribution in [1.82, 2.24) is 10.3 Å². The Hall–Kier alpha value is -1.23. The predicted octanol–water partition coefficient (Wildman–Crippen LogP) is 2.45. The van der Waals surface area contributed by atoms with Crippen LogP contribution in [-0.4, -0.2) is 22.2 Å². The van der Waals surface area contributed by atoms with Gasteiger partial charge < -0.3 is 11.1 Å². The van der Waals surface area contributed by atoms with E-state index in [4.69, 9.17) is 5.73 Å². The summed E-state index contributed by atoms with van der Waals surface area (Å²) >= 11 is 1.46. The summed E-state index contributed by atoms with van der Waals surface area (Å²) in [7, 11) is 0. The standard InChI is InChI=1S/C13H21N3OS/c1-4-5-9(2)16-13(17)10(3)18-12-6-7-15-8-11(12)14/h6-10H,4-5,14H2,1-3H3,(H,16,17). The molecule has 1 rings (SSSR count). The molecule has 1 amide bonds. The van der Waals surface area contributed by atoms with Crippen molar-refractivity contribution in [3.63, 3.8) is 0 Å². The maximum absolute atomic E-state index is 12.0. The smallest absolute Gasteiger partial charge is 0.233 e. The van der Waals surface area contributed by atoms with E-state index in [0.717, 1.165) is 17.7 Å². The lowest BCUT2D eigenvalue weighted by Crippen LogP contribution is -2.37. The maximum atomic E-state index is 12.0. The summed E-state index contributed by atoms with van der Waals surface area (Å²) in [6, 6.07) is 2.06. The molecule has 0 aliphatic rings. The number of nitrogen functional groups attached to an aromatic ring is 1. The van der Waals surface area contributed by atoms with Gasteiger partial charge in [-0.15, -0.1) is 11.8 Å². The minimum Gasteiger partial charge on any atom is -0.397 e. The Kier molecular flexibility index (Phi) is 5.98. The largest absolute Gasteiger partial charge is 0.397 e. The molecule has 4 nitrogen and oxygen atoms in total. The van der Waals surface area contributed by atoms with Gasteiger partial charge in [0.1, 0.15) is 0 Å². The first-order valence-corrected chi connectivity index (χ1v) is 7.09. The lowest BCUT2D eigenvalue weighted by Gasteiger charge is -2.17. The van der Waals surface area contributed by atoms with Gasteiger partial charge in [-0.3, -0.25) is 9.78 Å². The zero-order valence-electron chi connectivity index (χ0n) is 11.1. The monoisotopic (exact) mass is 267 g/mol. The van der Waals surface area contributed by atoms with Crippen LogP contribution in [0.3, 0.4) is 0 Å². The van der Waals surface area contributed by atoms with Crippen LogP contribution in [0.15, 0.2) is 23.4 Å². The molecular formula is C13H21N3OS. The van der Waals surface area contributed by atoms with E-state index in [1.54, 1.807) is 12.4 Å². The number of pyridine rings is 1. The Morgan fingerprint density at radius 3 is 2.89 bits per heavy atom. The van der Waals surface area contributed by atoms with E-state index in [1.165, 1.54) is 11.8 Å². The summed E-state index contributed by atoms with van der Waals surface area (Å²) in [6.45, 7) is 6.02. The van der Waals surface area contributed by atoms with Crippen molar-refractivity contribution >= 4 is 23.4 Å². The Morgan fingerprint density at radius 1 is 1.56 bits per heavy atom. The van der Waals surface area contributed by atoms with Crippen LogP contribution in [0.2, 0.25) is 0 Å². The highest BCUT2D eigenvalue weighted by Crippen LogP contribution is 2.27. The minimum atomic E-state index is -0.158. The van der Waals surface area contributed by atoms with Gasteiger partial charge in [-0.05, 0) is 26.3 Å². The van der Waals surface area contributed by atoms with Gasteiger partial charge in [0, 0.05) is 17.1 Å². The van der Waals surface area contributed by atoms with Crippen LogP contribution in [0.4, 0.5) is 5.69 Å². The van der Waals surface area contributed by atoms with Crippen molar-refractivity contribution in [2.24, 2.45) is 0 Å². The molecule has 1 aromatic rings. The number of anilines is 1. The summed E-state index contributed by atoms with van der Waals surface area (Å²) < 4.78 is 0. The SMILES string of the molecule is CCCC(C)NC(=O)C(C)Sc1ccncc1N. The molecule has 100 valence electrons. The van der Waals surface area contributed by atoms with Gasteiger partial charge in [0.05, 0.1) is 17.1 Å². The molecule has 0 spiro atoms. The molecule has 0 aliphatic heterocycles. The molecule has 0 saturated carbocycles. The topological polar surface area (TPSA) is 68.0 Å². The molecule has 0 saturated heterocycles. The summed E-state index contributed by atoms with van der Waals surface area (Å²) in [5, 5.41) is 2.85. The van der Waals surface area contributed by atoms with Gasteiger partial charge in [0.2, 0.25) is 5.91 Å². The summed E-state index contributed by atoms with van der Waals surface area (Å²) in [5.74, 6) is 0.0529. The number of carbonyl (C=O) groups is 1. The van der Waals surface area contributed by atoms with Crippen LogP contribution >= 0.6 is 11.8 Å². The quantitative estimate of drug-likeness (QED) is 0.777. The summed E-state index contributed by atoms with van der Waals surface area (Å²) in [6.07, 6.45) is 5.36. The normalized spacial score (nSPS) is 13.9. The zero-order chi connectivity index (χ0) is 13.5. The van der Waals surface area contributed by atoms with Crippen molar-refractivity contribution < 1.29 is 4.79 Å². The van der Waals surface area contributed by atoms with Crippen LogP contribution < -0.4 is 11.1 Å². The summed E-state index contributed by atoms with van der Waals surface area (Å²) in [4.78, 5) is 16.8. The van der Waals surface area contributed by atoms with Gasteiger partial charge in [-0.2, -0.15) is 0 Å². The molecule has 5 heteroatoms. The first-order valence-electron chi connectivity index (χ1n) is 6.21. The number of carbonyl (C=O) groups excluding carboxylic acids is 1. The van der Waals surface area contributed by atoms with Crippen LogP contribution in [0, 0.1) is 0 Å². The van der Waals surface area contributed by atoms with Crippen molar-refractivity contribution in [2.45, 2.75) is 49.8 Å². The highest BCUT2D eigenvalue weighted by atomic mass is 32.2. The van der Waals surface area contributed by atoms with Crippen molar-refractivity contribution in [3.05, 3.63) is 18.5 Å². The molecule has 0 aromatic carbocycles. The number of hydrogen-bond donors (Lipinski definition) is 2. The molecule has 2 atom stereocenters. The molecule has 0 radical (unpaired) electrons. The Morgan fingerprint density at radius 2 is 2.28 bits per heavy atom. The van der Waals surface area contributed by atoms with E-state index >= 15 is 0 Å². The van der Waals surface area contributed by atoms with Gasteiger partial charge >= 0.3 is 0 Å². The van der Waals surface area contributed by atoms with E-state index in [1.807, 2.05) is 19.9 Å². The average molecular weight is 267 g/mol. The molecule has 0 aliphatic carbocycles. The molecule has 1 aromatic heterocycles. The van der Waals surface area contributed by atoms with Crippen molar-refractivity contribution in [3.8, 4) is 0 Å². The van der Waals surface area contributed by atoms with Gasteiger partial charge in [0.15, 0.2) is 0 Å². The molecule has 1 heterocycles. The van der Waals surface area contributed by atoms with Crippen LogP contribution in [0.5, 0.6) is 0 Å². The lowest BCUT2D eigenvalue weighted by molar-refractivity contribution is -0.120. The summed E-state index contributed by atoms with van der Waals surface area (Å²) in [5.41, 5.74) is 6.42. The second kappa shape index (κ2) is 7.26. The van der Waals surface area contributed by atoms with Crippen LogP contribution in [-0.2, 0) is 4.79 Å². The number of nitrogens with two attached hydrogens (primary N) is 1. The number of nitrogens with one attached hydrogen (secondary N) is 1. The number of aromatic nitrogens is 1. The van der Waals surface area contributed by atoms with Gasteiger partial charge in [0.25, 0.3) is 0 Å². The van der Waals surface area contributed by atoms with E-state index < -0.39 is 0 Å². The average Bonchev–Trinajstić information content (AvgIpc) is 2.32. The van der Waals surface area contributed by atoms with Crippen molar-refractivity contribution in [1.29, 1.82) is 0 Å². The van der Waals surface area contributed by atoms with E-state index in [2.05, 4.69) is 17.2 Å². The molecule has 18 heavy (non-hydrogen) atoms.